The summed E-state index contributed by atoms with van der Waals surface area (Å²) < 4.78 is 0. The number of nitrogens with two attached hydrogens (primary N) is 2. The average Bonchev–Trinajstić information content (AvgIpc) is 3.08. The number of nitrogens with one attached hydrogen (secondary N) is 2. The SMILES string of the molecule is C=C(C)/C=C\C(=C)N.C=C/C(N)=C\C=C\C.CC.CC1=NCCCN=C(C)C2CCCC(N2)C(C)=NCCN=C(C)C2CCCC1N2. The number of hydrogen-bond donors (Lipinski definition) is 4. The Morgan fingerprint density at radius 1 is 0.681 bits per heavy atom. The second-order valence-electron chi connectivity index (χ2n) is 12.0. The average molecular weight is 649 g/mol. The summed E-state index contributed by atoms with van der Waals surface area (Å²) in [5.74, 6) is 0. The first-order valence-corrected chi connectivity index (χ1v) is 17.5. The third kappa shape index (κ3) is 20.5. The molecule has 3 heterocycles. The standard InChI is InChI=1S/C23H40N6.2C7H11N.C2H6/c1-16-20-8-5-10-22(28-20)18(3)26-14-15-27-19(4)23-11-6-9-21(29-23)17(2)25-13-7-12-24-16;1-6(2)4-5-7(3)8;1-3-5-6-7(8)4-2;1-2/h20-23,28-29H,5-15H2,1-4H3;4-5H,1,3,8H2,2H3;3-6H,2,8H2,1H3;1-2H3/b;5-4-;5-3+,7-6+;. The topological polar surface area (TPSA) is 126 Å². The molecule has 4 atom stereocenters. The lowest BCUT2D eigenvalue weighted by atomic mass is 9.93. The van der Waals surface area contributed by atoms with E-state index in [9.17, 15) is 0 Å². The number of aliphatic imine (C=N–C) groups is 4. The van der Waals surface area contributed by atoms with Crippen LogP contribution in [0.25, 0.3) is 0 Å². The zero-order valence-corrected chi connectivity index (χ0v) is 31.1. The molecule has 264 valence electrons. The highest BCUT2D eigenvalue weighted by molar-refractivity contribution is 5.92. The van der Waals surface area contributed by atoms with Gasteiger partial charge < -0.3 is 22.1 Å². The Balaban J connectivity index is 0.000000968. The second kappa shape index (κ2) is 26.7. The summed E-state index contributed by atoms with van der Waals surface area (Å²) in [5.41, 5.74) is 17.7. The molecule has 47 heavy (non-hydrogen) atoms. The Hall–Kier alpha value is -3.36. The van der Waals surface area contributed by atoms with Gasteiger partial charge in [0.05, 0.1) is 13.1 Å². The number of nitrogens with zero attached hydrogens (tertiary/aromatic N) is 4. The van der Waals surface area contributed by atoms with Crippen LogP contribution in [0.15, 0.2) is 93.1 Å². The van der Waals surface area contributed by atoms with E-state index in [1.807, 2.05) is 45.9 Å². The van der Waals surface area contributed by atoms with E-state index < -0.39 is 0 Å². The molecule has 2 saturated heterocycles. The molecule has 3 rings (SSSR count). The van der Waals surface area contributed by atoms with E-state index in [2.05, 4.69) is 58.1 Å². The first-order chi connectivity index (χ1) is 22.5. The van der Waals surface area contributed by atoms with Crippen molar-refractivity contribution in [2.24, 2.45) is 31.4 Å². The van der Waals surface area contributed by atoms with E-state index in [4.69, 9.17) is 31.4 Å². The monoisotopic (exact) mass is 649 g/mol. The maximum atomic E-state index is 5.35. The molecule has 0 spiro atoms. The number of allylic oxidation sites excluding steroid dienone is 7. The van der Waals surface area contributed by atoms with Crippen molar-refractivity contribution in [1.82, 2.24) is 10.6 Å². The van der Waals surface area contributed by atoms with Crippen LogP contribution in [0.1, 0.15) is 100 Å². The van der Waals surface area contributed by atoms with Crippen molar-refractivity contribution in [3.63, 3.8) is 0 Å². The van der Waals surface area contributed by atoms with Gasteiger partial charge in [0.2, 0.25) is 0 Å². The molecule has 3 aliphatic heterocycles. The van der Waals surface area contributed by atoms with Gasteiger partial charge >= 0.3 is 0 Å². The van der Waals surface area contributed by atoms with Crippen LogP contribution in [0.5, 0.6) is 0 Å². The lowest BCUT2D eigenvalue weighted by molar-refractivity contribution is 0.426. The summed E-state index contributed by atoms with van der Waals surface area (Å²) in [5, 5.41) is 7.56. The molecule has 0 aromatic rings. The smallest absolute Gasteiger partial charge is 0.0585 e. The van der Waals surface area contributed by atoms with Gasteiger partial charge in [-0.05, 0) is 105 Å². The molecule has 3 aliphatic rings. The van der Waals surface area contributed by atoms with Crippen molar-refractivity contribution in [3.8, 4) is 0 Å². The summed E-state index contributed by atoms with van der Waals surface area (Å²) in [4.78, 5) is 19.4. The molecular weight excluding hydrogens is 580 g/mol. The molecule has 2 fully saturated rings. The summed E-state index contributed by atoms with van der Waals surface area (Å²) >= 11 is 0. The van der Waals surface area contributed by atoms with E-state index >= 15 is 0 Å². The van der Waals surface area contributed by atoms with Crippen molar-refractivity contribution >= 4 is 22.8 Å². The lowest BCUT2D eigenvalue weighted by Gasteiger charge is -2.31. The predicted octanol–water partition coefficient (Wildman–Crippen LogP) is 7.46. The Labute approximate surface area is 288 Å². The Kier molecular flexibility index (Phi) is 24.8. The summed E-state index contributed by atoms with van der Waals surface area (Å²) in [6.45, 7) is 30.4. The fourth-order valence-electron chi connectivity index (χ4n) is 5.19. The first-order valence-electron chi connectivity index (χ1n) is 17.5. The summed E-state index contributed by atoms with van der Waals surface area (Å²) in [6.07, 6.45) is 18.9. The van der Waals surface area contributed by atoms with Crippen LogP contribution >= 0.6 is 0 Å². The zero-order chi connectivity index (χ0) is 35.6. The number of rotatable bonds is 4. The highest BCUT2D eigenvalue weighted by atomic mass is 15.0. The van der Waals surface area contributed by atoms with Crippen molar-refractivity contribution in [2.45, 2.75) is 125 Å². The fraction of sp³-hybridized carbons (Fsp3) is 0.590. The van der Waals surface area contributed by atoms with Gasteiger partial charge in [0.15, 0.2) is 0 Å². The molecule has 4 bridgehead atoms. The Bertz CT molecular complexity index is 1080. The molecule has 4 unspecified atom stereocenters. The third-order valence-electron chi connectivity index (χ3n) is 7.95. The van der Waals surface area contributed by atoms with E-state index in [1.165, 1.54) is 61.4 Å². The highest BCUT2D eigenvalue weighted by Crippen LogP contribution is 2.17. The molecular formula is C39H68N8. The minimum Gasteiger partial charge on any atom is -0.399 e. The molecule has 0 saturated carbocycles. The molecule has 0 radical (unpaired) electrons. The quantitative estimate of drug-likeness (QED) is 0.236. The minimum absolute atomic E-state index is 0.374. The highest BCUT2D eigenvalue weighted by Gasteiger charge is 2.25. The third-order valence-corrected chi connectivity index (χ3v) is 7.95. The number of hydrogen-bond acceptors (Lipinski definition) is 8. The maximum Gasteiger partial charge on any atom is 0.0585 e. The maximum absolute atomic E-state index is 5.35. The van der Waals surface area contributed by atoms with Gasteiger partial charge in [-0.3, -0.25) is 20.0 Å². The molecule has 0 aromatic heterocycles. The molecule has 0 amide bonds. The number of fused-ring (bicyclic) bond motifs is 4. The van der Waals surface area contributed by atoms with Gasteiger partial charge in [0, 0.05) is 71.5 Å². The van der Waals surface area contributed by atoms with Crippen LogP contribution in [0.2, 0.25) is 0 Å². The second-order valence-corrected chi connectivity index (χ2v) is 12.0. The fourth-order valence-corrected chi connectivity index (χ4v) is 5.19. The van der Waals surface area contributed by atoms with Crippen LogP contribution in [0, 0.1) is 0 Å². The lowest BCUT2D eigenvalue weighted by Crippen LogP contribution is -2.49. The van der Waals surface area contributed by atoms with Gasteiger partial charge in [-0.2, -0.15) is 0 Å². The van der Waals surface area contributed by atoms with Crippen molar-refractivity contribution in [3.05, 3.63) is 73.2 Å². The molecule has 6 N–H and O–H groups in total. The van der Waals surface area contributed by atoms with Gasteiger partial charge in [-0.1, -0.05) is 57.4 Å². The van der Waals surface area contributed by atoms with Crippen LogP contribution in [-0.4, -0.2) is 73.2 Å². The predicted molar refractivity (Wildman–Crippen MR) is 212 cm³/mol. The summed E-state index contributed by atoms with van der Waals surface area (Å²) in [6, 6.07) is 1.52. The zero-order valence-electron chi connectivity index (χ0n) is 31.1. The van der Waals surface area contributed by atoms with Crippen LogP contribution in [-0.2, 0) is 0 Å². The van der Waals surface area contributed by atoms with Gasteiger partial charge in [-0.25, -0.2) is 0 Å². The van der Waals surface area contributed by atoms with Crippen molar-refractivity contribution in [2.75, 3.05) is 26.2 Å². The van der Waals surface area contributed by atoms with Crippen molar-refractivity contribution < 1.29 is 0 Å². The van der Waals surface area contributed by atoms with E-state index in [0.29, 0.717) is 35.6 Å². The first kappa shape index (κ1) is 43.6. The Morgan fingerprint density at radius 2 is 1.06 bits per heavy atom. The van der Waals surface area contributed by atoms with Crippen LogP contribution < -0.4 is 22.1 Å². The largest absolute Gasteiger partial charge is 0.399 e. The van der Waals surface area contributed by atoms with Crippen LogP contribution in [0.4, 0.5) is 0 Å². The molecule has 0 aromatic carbocycles. The van der Waals surface area contributed by atoms with E-state index in [-0.39, 0.29) is 0 Å². The normalized spacial score (nSPS) is 24.4. The minimum atomic E-state index is 0.374. The molecule has 8 nitrogen and oxygen atoms in total. The number of piperidine rings is 2. The van der Waals surface area contributed by atoms with Gasteiger partial charge in [-0.15, -0.1) is 0 Å². The van der Waals surface area contributed by atoms with E-state index in [0.717, 1.165) is 38.2 Å². The molecule has 8 heteroatoms. The van der Waals surface area contributed by atoms with Gasteiger partial charge in [0.1, 0.15) is 0 Å². The van der Waals surface area contributed by atoms with Crippen molar-refractivity contribution in [1.29, 1.82) is 0 Å². The van der Waals surface area contributed by atoms with E-state index in [1.54, 1.807) is 18.2 Å². The van der Waals surface area contributed by atoms with Gasteiger partial charge in [0.25, 0.3) is 0 Å². The summed E-state index contributed by atoms with van der Waals surface area (Å²) in [7, 11) is 0. The van der Waals surface area contributed by atoms with Crippen LogP contribution in [0.3, 0.4) is 0 Å². The Morgan fingerprint density at radius 3 is 1.36 bits per heavy atom. The molecule has 0 aliphatic carbocycles.